The number of hydrogen-bond donors (Lipinski definition) is 1. The van der Waals surface area contributed by atoms with Crippen LogP contribution in [0.5, 0.6) is 11.5 Å². The molecule has 1 amide bonds. The quantitative estimate of drug-likeness (QED) is 0.619. The van der Waals surface area contributed by atoms with Crippen LogP contribution < -0.4 is 20.3 Å². The lowest BCUT2D eigenvalue weighted by atomic mass is 10.1. The number of fused-ring (bicyclic) bond motifs is 1. The monoisotopic (exact) mass is 411 g/mol. The number of hydrogen-bond acceptors (Lipinski definition) is 7. The average Bonchev–Trinajstić information content (AvgIpc) is 2.75. The van der Waals surface area contributed by atoms with Gasteiger partial charge in [-0.25, -0.2) is 9.48 Å². The number of carbonyl (C=O) groups excluding carboxylic acids is 2. The lowest BCUT2D eigenvalue weighted by Crippen LogP contribution is -2.31. The molecule has 1 heterocycles. The third-order valence-corrected chi connectivity index (χ3v) is 4.45. The third-order valence-electron chi connectivity index (χ3n) is 4.45. The number of nitrogens with one attached hydrogen (secondary N) is 1. The van der Waals surface area contributed by atoms with E-state index in [1.165, 1.54) is 28.2 Å². The standard InChI is InChI=1S/C21H21N3O6/c1-12(19(25)22-13-9-10-16(28-3)17(11-13)29-4)30-21(27)18-14-7-5-6-8-15(14)20(26)24(2)23-18/h5-12H,1-4H3,(H,22,25)/t12-/m0/s1. The molecule has 0 saturated heterocycles. The van der Waals surface area contributed by atoms with Crippen molar-refractivity contribution in [3.8, 4) is 11.5 Å². The summed E-state index contributed by atoms with van der Waals surface area (Å²) in [6, 6.07) is 11.5. The fourth-order valence-corrected chi connectivity index (χ4v) is 2.88. The van der Waals surface area contributed by atoms with E-state index in [1.54, 1.807) is 42.5 Å². The van der Waals surface area contributed by atoms with Crippen LogP contribution >= 0.6 is 0 Å². The van der Waals surface area contributed by atoms with Crippen molar-refractivity contribution >= 4 is 28.3 Å². The molecule has 0 bridgehead atoms. The van der Waals surface area contributed by atoms with E-state index in [1.807, 2.05) is 0 Å². The predicted octanol–water partition coefficient (Wildman–Crippen LogP) is 2.13. The van der Waals surface area contributed by atoms with Gasteiger partial charge in [-0.15, -0.1) is 0 Å². The van der Waals surface area contributed by atoms with Crippen LogP contribution in [0.25, 0.3) is 10.8 Å². The second-order valence-corrected chi connectivity index (χ2v) is 6.43. The van der Waals surface area contributed by atoms with Gasteiger partial charge in [-0.3, -0.25) is 9.59 Å². The number of methoxy groups -OCH3 is 2. The van der Waals surface area contributed by atoms with E-state index in [0.29, 0.717) is 28.0 Å². The van der Waals surface area contributed by atoms with Crippen molar-refractivity contribution in [2.24, 2.45) is 7.05 Å². The second kappa shape index (κ2) is 8.64. The molecule has 156 valence electrons. The van der Waals surface area contributed by atoms with Crippen molar-refractivity contribution in [2.45, 2.75) is 13.0 Å². The van der Waals surface area contributed by atoms with Crippen LogP contribution in [0.3, 0.4) is 0 Å². The van der Waals surface area contributed by atoms with Gasteiger partial charge in [0.1, 0.15) is 0 Å². The Bertz CT molecular complexity index is 1170. The Balaban J connectivity index is 1.78. The van der Waals surface area contributed by atoms with E-state index >= 15 is 0 Å². The van der Waals surface area contributed by atoms with Gasteiger partial charge in [-0.2, -0.15) is 5.10 Å². The van der Waals surface area contributed by atoms with Crippen molar-refractivity contribution in [3.63, 3.8) is 0 Å². The van der Waals surface area contributed by atoms with Crippen LogP contribution in [-0.2, 0) is 16.6 Å². The lowest BCUT2D eigenvalue weighted by Gasteiger charge is -2.15. The van der Waals surface area contributed by atoms with Gasteiger partial charge in [0.05, 0.1) is 19.6 Å². The molecule has 1 aromatic heterocycles. The molecular weight excluding hydrogens is 390 g/mol. The van der Waals surface area contributed by atoms with Gasteiger partial charge in [-0.1, -0.05) is 18.2 Å². The minimum absolute atomic E-state index is 0.0431. The van der Waals surface area contributed by atoms with E-state index in [0.717, 1.165) is 4.68 Å². The zero-order valence-electron chi connectivity index (χ0n) is 17.0. The Morgan fingerprint density at radius 2 is 1.70 bits per heavy atom. The number of ether oxygens (including phenoxy) is 3. The SMILES string of the molecule is COc1ccc(NC(=O)[C@H](C)OC(=O)c2nn(C)c(=O)c3ccccc23)cc1OC. The van der Waals surface area contributed by atoms with E-state index in [4.69, 9.17) is 14.2 Å². The summed E-state index contributed by atoms with van der Waals surface area (Å²) in [7, 11) is 4.44. The van der Waals surface area contributed by atoms with Gasteiger partial charge >= 0.3 is 5.97 Å². The molecule has 0 unspecified atom stereocenters. The Morgan fingerprint density at radius 3 is 2.37 bits per heavy atom. The Hall–Kier alpha value is -3.88. The Kier molecular flexibility index (Phi) is 6.01. The first-order valence-corrected chi connectivity index (χ1v) is 9.05. The molecule has 1 atom stereocenters. The van der Waals surface area contributed by atoms with Crippen molar-refractivity contribution in [1.82, 2.24) is 9.78 Å². The van der Waals surface area contributed by atoms with Crippen LogP contribution in [-0.4, -0.2) is 42.0 Å². The van der Waals surface area contributed by atoms with E-state index in [9.17, 15) is 14.4 Å². The number of carbonyl (C=O) groups is 2. The summed E-state index contributed by atoms with van der Waals surface area (Å²) in [5.41, 5.74) is 0.0751. The fraction of sp³-hybridized carbons (Fsp3) is 0.238. The van der Waals surface area contributed by atoms with Crippen LogP contribution in [0.15, 0.2) is 47.3 Å². The maximum absolute atomic E-state index is 12.7. The summed E-state index contributed by atoms with van der Waals surface area (Å²) in [5.74, 6) is -0.384. The van der Waals surface area contributed by atoms with Crippen molar-refractivity contribution in [1.29, 1.82) is 0 Å². The molecule has 0 spiro atoms. The zero-order valence-corrected chi connectivity index (χ0v) is 17.0. The van der Waals surface area contributed by atoms with Crippen LogP contribution in [0.4, 0.5) is 5.69 Å². The minimum Gasteiger partial charge on any atom is -0.493 e. The highest BCUT2D eigenvalue weighted by atomic mass is 16.5. The molecular formula is C21H21N3O6. The van der Waals surface area contributed by atoms with Gasteiger partial charge in [0, 0.05) is 24.2 Å². The summed E-state index contributed by atoms with van der Waals surface area (Å²) < 4.78 is 16.7. The minimum atomic E-state index is -1.11. The van der Waals surface area contributed by atoms with E-state index in [-0.39, 0.29) is 11.3 Å². The normalized spacial score (nSPS) is 11.6. The number of aryl methyl sites for hydroxylation is 1. The van der Waals surface area contributed by atoms with Crippen LogP contribution in [0, 0.1) is 0 Å². The molecule has 0 radical (unpaired) electrons. The number of nitrogens with zero attached hydrogens (tertiary/aromatic N) is 2. The van der Waals surface area contributed by atoms with E-state index in [2.05, 4.69) is 10.4 Å². The number of esters is 1. The Labute approximate surface area is 172 Å². The molecule has 0 aliphatic carbocycles. The summed E-state index contributed by atoms with van der Waals surface area (Å²) in [6.07, 6.45) is -1.11. The number of benzene rings is 2. The van der Waals surface area contributed by atoms with Gasteiger partial charge in [0.2, 0.25) is 0 Å². The summed E-state index contributed by atoms with van der Waals surface area (Å²) in [6.45, 7) is 1.44. The number of anilines is 1. The number of amides is 1. The Morgan fingerprint density at radius 1 is 1.03 bits per heavy atom. The van der Waals surface area contributed by atoms with Gasteiger partial charge in [0.25, 0.3) is 11.5 Å². The third kappa shape index (κ3) is 4.09. The highest BCUT2D eigenvalue weighted by Gasteiger charge is 2.23. The summed E-state index contributed by atoms with van der Waals surface area (Å²) in [4.78, 5) is 37.3. The first kappa shape index (κ1) is 20.8. The number of rotatable bonds is 6. The zero-order chi connectivity index (χ0) is 21.8. The van der Waals surface area contributed by atoms with Gasteiger partial charge in [0.15, 0.2) is 23.3 Å². The topological polar surface area (TPSA) is 109 Å². The van der Waals surface area contributed by atoms with Crippen LogP contribution in [0.1, 0.15) is 17.4 Å². The van der Waals surface area contributed by atoms with Crippen LogP contribution in [0.2, 0.25) is 0 Å². The van der Waals surface area contributed by atoms with Crippen molar-refractivity contribution in [2.75, 3.05) is 19.5 Å². The number of aromatic nitrogens is 2. The molecule has 2 aromatic carbocycles. The molecule has 3 aromatic rings. The maximum atomic E-state index is 12.7. The summed E-state index contributed by atoms with van der Waals surface area (Å²) >= 11 is 0. The van der Waals surface area contributed by atoms with Crippen molar-refractivity contribution < 1.29 is 23.8 Å². The molecule has 0 aliphatic heterocycles. The lowest BCUT2D eigenvalue weighted by molar-refractivity contribution is -0.123. The first-order chi connectivity index (χ1) is 14.3. The second-order valence-electron chi connectivity index (χ2n) is 6.43. The van der Waals surface area contributed by atoms with Gasteiger partial charge < -0.3 is 19.5 Å². The highest BCUT2D eigenvalue weighted by molar-refractivity contribution is 6.03. The van der Waals surface area contributed by atoms with Crippen molar-refractivity contribution in [3.05, 3.63) is 58.5 Å². The molecule has 30 heavy (non-hydrogen) atoms. The van der Waals surface area contributed by atoms with Gasteiger partial charge in [-0.05, 0) is 25.1 Å². The summed E-state index contributed by atoms with van der Waals surface area (Å²) in [5, 5.41) is 7.36. The highest BCUT2D eigenvalue weighted by Crippen LogP contribution is 2.29. The maximum Gasteiger partial charge on any atom is 0.360 e. The molecule has 0 fully saturated rings. The average molecular weight is 411 g/mol. The molecule has 9 heteroatoms. The largest absolute Gasteiger partial charge is 0.493 e. The van der Waals surface area contributed by atoms with E-state index < -0.39 is 18.0 Å². The molecule has 0 aliphatic rings. The first-order valence-electron chi connectivity index (χ1n) is 9.05. The smallest absolute Gasteiger partial charge is 0.360 e. The molecule has 3 rings (SSSR count). The predicted molar refractivity (Wildman–Crippen MR) is 110 cm³/mol. The molecule has 0 saturated carbocycles. The molecule has 9 nitrogen and oxygen atoms in total. The molecule has 1 N–H and O–H groups in total. The fourth-order valence-electron chi connectivity index (χ4n) is 2.88.